The van der Waals surface area contributed by atoms with E-state index in [1.54, 1.807) is 0 Å². The van der Waals surface area contributed by atoms with Gasteiger partial charge in [-0.3, -0.25) is 4.79 Å². The first-order valence-corrected chi connectivity index (χ1v) is 6.37. The van der Waals surface area contributed by atoms with Crippen LogP contribution >= 0.6 is 0 Å². The molecule has 0 spiro atoms. The van der Waals surface area contributed by atoms with E-state index >= 15 is 0 Å². The van der Waals surface area contributed by atoms with Crippen LogP contribution in [0, 0.1) is 5.92 Å². The first kappa shape index (κ1) is 12.1. The third-order valence-corrected chi connectivity index (χ3v) is 3.56. The van der Waals surface area contributed by atoms with E-state index in [2.05, 4.69) is 5.32 Å². The molecular weight excluding hydrogens is 212 g/mol. The van der Waals surface area contributed by atoms with Crippen molar-refractivity contribution in [3.63, 3.8) is 0 Å². The number of nitrogens with one attached hydrogen (secondary N) is 1. The molecule has 3 nitrogen and oxygen atoms in total. The average molecular weight is 232 g/mol. The van der Waals surface area contributed by atoms with Gasteiger partial charge in [-0.25, -0.2) is 0 Å². The molecule has 0 radical (unpaired) electrons. The van der Waals surface area contributed by atoms with Crippen LogP contribution in [0.3, 0.4) is 0 Å². The Morgan fingerprint density at radius 1 is 1.24 bits per heavy atom. The Hall–Kier alpha value is -1.35. The van der Waals surface area contributed by atoms with Crippen LogP contribution in [-0.2, 0) is 0 Å². The standard InChI is InChI=1S/C14H20N2O/c15-10-12-8-4-5-9-13(12)16-14(17)11-6-2-1-3-7-11/h1-3,6-7,12-13H,4-5,8-10,15H2,(H,16,17)/t12-,13+/m1/s1. The predicted octanol–water partition coefficient (Wildman–Crippen LogP) is 1.93. The molecule has 1 aromatic rings. The number of hydrogen-bond acceptors (Lipinski definition) is 2. The summed E-state index contributed by atoms with van der Waals surface area (Å²) in [7, 11) is 0. The molecule has 0 aliphatic heterocycles. The van der Waals surface area contributed by atoms with Gasteiger partial charge < -0.3 is 11.1 Å². The van der Waals surface area contributed by atoms with Crippen LogP contribution in [0.4, 0.5) is 0 Å². The molecule has 0 heterocycles. The van der Waals surface area contributed by atoms with Gasteiger partial charge in [0.1, 0.15) is 0 Å². The Morgan fingerprint density at radius 3 is 2.65 bits per heavy atom. The molecule has 1 fully saturated rings. The molecule has 3 heteroatoms. The first-order chi connectivity index (χ1) is 8.31. The van der Waals surface area contributed by atoms with Crippen molar-refractivity contribution in [3.8, 4) is 0 Å². The van der Waals surface area contributed by atoms with Gasteiger partial charge >= 0.3 is 0 Å². The number of hydrogen-bond donors (Lipinski definition) is 2. The highest BCUT2D eigenvalue weighted by atomic mass is 16.1. The lowest BCUT2D eigenvalue weighted by atomic mass is 9.84. The van der Waals surface area contributed by atoms with Gasteiger partial charge in [-0.1, -0.05) is 31.0 Å². The van der Waals surface area contributed by atoms with Crippen molar-refractivity contribution in [3.05, 3.63) is 35.9 Å². The zero-order valence-electron chi connectivity index (χ0n) is 10.1. The number of nitrogens with two attached hydrogens (primary N) is 1. The molecule has 0 unspecified atom stereocenters. The summed E-state index contributed by atoms with van der Waals surface area (Å²) in [5, 5.41) is 3.12. The van der Waals surface area contributed by atoms with E-state index in [9.17, 15) is 4.79 Å². The van der Waals surface area contributed by atoms with Crippen LogP contribution in [0.25, 0.3) is 0 Å². The molecule has 0 bridgehead atoms. The molecule has 2 rings (SSSR count). The Kier molecular flexibility index (Phi) is 4.15. The Balaban J connectivity index is 1.98. The highest BCUT2D eigenvalue weighted by molar-refractivity contribution is 5.94. The Morgan fingerprint density at radius 2 is 1.94 bits per heavy atom. The molecule has 17 heavy (non-hydrogen) atoms. The van der Waals surface area contributed by atoms with Crippen molar-refractivity contribution in [1.82, 2.24) is 5.32 Å². The van der Waals surface area contributed by atoms with E-state index in [4.69, 9.17) is 5.73 Å². The topological polar surface area (TPSA) is 55.1 Å². The van der Waals surface area contributed by atoms with Gasteiger partial charge in [0, 0.05) is 11.6 Å². The summed E-state index contributed by atoms with van der Waals surface area (Å²) in [5.74, 6) is 0.465. The lowest BCUT2D eigenvalue weighted by Crippen LogP contribution is -2.44. The van der Waals surface area contributed by atoms with E-state index in [0.717, 1.165) is 18.4 Å². The van der Waals surface area contributed by atoms with Crippen molar-refractivity contribution in [2.24, 2.45) is 11.7 Å². The van der Waals surface area contributed by atoms with Crippen LogP contribution in [0.15, 0.2) is 30.3 Å². The summed E-state index contributed by atoms with van der Waals surface area (Å²) in [5.41, 5.74) is 6.49. The second-order valence-electron chi connectivity index (χ2n) is 4.73. The predicted molar refractivity (Wildman–Crippen MR) is 68.7 cm³/mol. The Labute approximate surface area is 102 Å². The summed E-state index contributed by atoms with van der Waals surface area (Å²) in [4.78, 5) is 12.0. The minimum Gasteiger partial charge on any atom is -0.349 e. The van der Waals surface area contributed by atoms with Crippen LogP contribution in [0.5, 0.6) is 0 Å². The Bertz CT molecular complexity index is 364. The molecule has 3 N–H and O–H groups in total. The zero-order chi connectivity index (χ0) is 12.1. The maximum Gasteiger partial charge on any atom is 0.251 e. The quantitative estimate of drug-likeness (QED) is 0.836. The van der Waals surface area contributed by atoms with E-state index in [1.165, 1.54) is 12.8 Å². The van der Waals surface area contributed by atoms with Gasteiger partial charge in [0.25, 0.3) is 5.91 Å². The monoisotopic (exact) mass is 232 g/mol. The minimum absolute atomic E-state index is 0.0240. The van der Waals surface area contributed by atoms with Crippen molar-refractivity contribution >= 4 is 5.91 Å². The van der Waals surface area contributed by atoms with Gasteiger partial charge in [0.05, 0.1) is 0 Å². The number of benzene rings is 1. The third-order valence-electron chi connectivity index (χ3n) is 3.56. The summed E-state index contributed by atoms with van der Waals surface area (Å²) in [6, 6.07) is 9.62. The largest absolute Gasteiger partial charge is 0.349 e. The molecule has 1 aliphatic carbocycles. The SMILES string of the molecule is NC[C@H]1CCCC[C@@H]1NC(=O)c1ccccc1. The fourth-order valence-corrected chi connectivity index (χ4v) is 2.52. The lowest BCUT2D eigenvalue weighted by molar-refractivity contribution is 0.0908. The van der Waals surface area contributed by atoms with Gasteiger partial charge in [-0.05, 0) is 37.4 Å². The lowest BCUT2D eigenvalue weighted by Gasteiger charge is -2.31. The van der Waals surface area contributed by atoms with Crippen molar-refractivity contribution < 1.29 is 4.79 Å². The molecule has 0 saturated heterocycles. The molecular formula is C14H20N2O. The highest BCUT2D eigenvalue weighted by Crippen LogP contribution is 2.23. The van der Waals surface area contributed by atoms with Crippen LogP contribution in [0.1, 0.15) is 36.0 Å². The van der Waals surface area contributed by atoms with Crippen LogP contribution < -0.4 is 11.1 Å². The maximum absolute atomic E-state index is 12.0. The molecule has 0 aromatic heterocycles. The van der Waals surface area contributed by atoms with E-state index in [0.29, 0.717) is 12.5 Å². The average Bonchev–Trinajstić information content (AvgIpc) is 2.40. The smallest absolute Gasteiger partial charge is 0.251 e. The molecule has 1 saturated carbocycles. The second kappa shape index (κ2) is 5.82. The van der Waals surface area contributed by atoms with E-state index in [1.807, 2.05) is 30.3 Å². The third kappa shape index (κ3) is 3.07. The minimum atomic E-state index is 0.0240. The maximum atomic E-state index is 12.0. The number of carbonyl (C=O) groups excluding carboxylic acids is 1. The summed E-state index contributed by atoms with van der Waals surface area (Å²) >= 11 is 0. The normalized spacial score (nSPS) is 24.3. The number of amides is 1. The van der Waals surface area contributed by atoms with E-state index in [-0.39, 0.29) is 11.9 Å². The fourth-order valence-electron chi connectivity index (χ4n) is 2.52. The number of carbonyl (C=O) groups is 1. The highest BCUT2D eigenvalue weighted by Gasteiger charge is 2.25. The summed E-state index contributed by atoms with van der Waals surface area (Å²) in [6.45, 7) is 0.666. The van der Waals surface area contributed by atoms with Crippen LogP contribution in [0.2, 0.25) is 0 Å². The molecule has 1 amide bonds. The summed E-state index contributed by atoms with van der Waals surface area (Å²) in [6.07, 6.45) is 4.62. The number of rotatable bonds is 3. The van der Waals surface area contributed by atoms with Gasteiger partial charge in [0.15, 0.2) is 0 Å². The first-order valence-electron chi connectivity index (χ1n) is 6.37. The fraction of sp³-hybridized carbons (Fsp3) is 0.500. The van der Waals surface area contributed by atoms with Crippen molar-refractivity contribution in [2.75, 3.05) is 6.54 Å². The second-order valence-corrected chi connectivity index (χ2v) is 4.73. The molecule has 1 aromatic carbocycles. The van der Waals surface area contributed by atoms with Gasteiger partial charge in [-0.15, -0.1) is 0 Å². The van der Waals surface area contributed by atoms with Gasteiger partial charge in [0.2, 0.25) is 0 Å². The van der Waals surface area contributed by atoms with Gasteiger partial charge in [-0.2, -0.15) is 0 Å². The molecule has 92 valence electrons. The van der Waals surface area contributed by atoms with E-state index < -0.39 is 0 Å². The summed E-state index contributed by atoms with van der Waals surface area (Å²) < 4.78 is 0. The van der Waals surface area contributed by atoms with Crippen molar-refractivity contribution in [2.45, 2.75) is 31.7 Å². The molecule has 1 aliphatic rings. The molecule has 2 atom stereocenters. The van der Waals surface area contributed by atoms with Crippen LogP contribution in [-0.4, -0.2) is 18.5 Å². The van der Waals surface area contributed by atoms with Crippen molar-refractivity contribution in [1.29, 1.82) is 0 Å². The zero-order valence-corrected chi connectivity index (χ0v) is 10.1.